The molecule has 2 aromatic rings. The van der Waals surface area contributed by atoms with E-state index in [1.165, 1.54) is 10.8 Å². The van der Waals surface area contributed by atoms with Gasteiger partial charge in [-0.3, -0.25) is 0 Å². The molecule has 3 rings (SSSR count). The van der Waals surface area contributed by atoms with Crippen molar-refractivity contribution in [2.45, 2.75) is 6.10 Å². The fourth-order valence-electron chi connectivity index (χ4n) is 2.67. The quantitative estimate of drug-likeness (QED) is 0.934. The molecule has 106 valence electrons. The third-order valence-corrected chi connectivity index (χ3v) is 4.29. The van der Waals surface area contributed by atoms with Crippen LogP contribution in [0, 0.1) is 0 Å². The number of fused-ring (bicyclic) bond motifs is 1. The fraction of sp³-hybridized carbons (Fsp3) is 0.400. The van der Waals surface area contributed by atoms with Gasteiger partial charge in [0.1, 0.15) is 5.82 Å². The Labute approximate surface area is 127 Å². The lowest BCUT2D eigenvalue weighted by Crippen LogP contribution is -2.46. The van der Waals surface area contributed by atoms with Gasteiger partial charge in [-0.25, -0.2) is 4.98 Å². The highest BCUT2D eigenvalue weighted by Crippen LogP contribution is 2.30. The lowest BCUT2D eigenvalue weighted by molar-refractivity contribution is 0.0420. The van der Waals surface area contributed by atoms with E-state index in [4.69, 9.17) is 4.74 Å². The lowest BCUT2D eigenvalue weighted by Gasteiger charge is -2.34. The normalized spacial score (nSPS) is 19.5. The van der Waals surface area contributed by atoms with Crippen LogP contribution in [0.5, 0.6) is 0 Å². The Hall–Kier alpha value is -1.17. The molecular weight excluding hydrogens is 318 g/mol. The summed E-state index contributed by atoms with van der Waals surface area (Å²) in [6, 6.07) is 8.30. The molecule has 1 fully saturated rings. The number of anilines is 1. The van der Waals surface area contributed by atoms with Gasteiger partial charge in [0, 0.05) is 41.1 Å². The lowest BCUT2D eigenvalue weighted by atomic mass is 10.1. The molecule has 5 heteroatoms. The molecule has 2 heterocycles. The first-order valence-corrected chi connectivity index (χ1v) is 7.63. The number of halogens is 1. The summed E-state index contributed by atoms with van der Waals surface area (Å²) in [6.07, 6.45) is 2.10. The van der Waals surface area contributed by atoms with Gasteiger partial charge >= 0.3 is 0 Å². The maximum absolute atomic E-state index is 5.76. The standard InChI is InChI=1S/C15H18BrN3O/c1-17-9-11-10-19(7-8-20-11)15-13-3-2-4-14(16)12(13)5-6-18-15/h2-6,11,17H,7-10H2,1H3. The molecule has 0 amide bonds. The predicted molar refractivity (Wildman–Crippen MR) is 85.3 cm³/mol. The van der Waals surface area contributed by atoms with Crippen LogP contribution in [0.2, 0.25) is 0 Å². The van der Waals surface area contributed by atoms with Gasteiger partial charge in [-0.1, -0.05) is 28.1 Å². The fourth-order valence-corrected chi connectivity index (χ4v) is 3.17. The van der Waals surface area contributed by atoms with Gasteiger partial charge in [0.05, 0.1) is 12.7 Å². The molecule has 20 heavy (non-hydrogen) atoms. The Morgan fingerprint density at radius 3 is 3.15 bits per heavy atom. The van der Waals surface area contributed by atoms with E-state index in [0.29, 0.717) is 0 Å². The Kier molecular flexibility index (Phi) is 4.19. The van der Waals surface area contributed by atoms with Crippen LogP contribution >= 0.6 is 15.9 Å². The first kappa shape index (κ1) is 13.8. The molecule has 1 aliphatic heterocycles. The second-order valence-electron chi connectivity index (χ2n) is 4.97. The van der Waals surface area contributed by atoms with E-state index in [1.54, 1.807) is 0 Å². The van der Waals surface area contributed by atoms with Gasteiger partial charge in [-0.2, -0.15) is 0 Å². The maximum atomic E-state index is 5.76. The van der Waals surface area contributed by atoms with Crippen LogP contribution in [0.1, 0.15) is 0 Å². The van der Waals surface area contributed by atoms with Crippen molar-refractivity contribution >= 4 is 32.5 Å². The van der Waals surface area contributed by atoms with Gasteiger partial charge in [0.25, 0.3) is 0 Å². The van der Waals surface area contributed by atoms with Crippen LogP contribution in [-0.4, -0.2) is 44.4 Å². The number of likely N-dealkylation sites (N-methyl/N-ethyl adjacent to an activating group) is 1. The van der Waals surface area contributed by atoms with Crippen molar-refractivity contribution in [2.24, 2.45) is 0 Å². The number of hydrogen-bond acceptors (Lipinski definition) is 4. The van der Waals surface area contributed by atoms with Gasteiger partial charge in [0.15, 0.2) is 0 Å². The monoisotopic (exact) mass is 335 g/mol. The Balaban J connectivity index is 1.95. The number of aromatic nitrogens is 1. The molecule has 1 aromatic carbocycles. The number of benzene rings is 1. The summed E-state index contributed by atoms with van der Waals surface area (Å²) in [5.74, 6) is 1.05. The summed E-state index contributed by atoms with van der Waals surface area (Å²) in [6.45, 7) is 3.38. The molecule has 0 radical (unpaired) electrons. The van der Waals surface area contributed by atoms with Gasteiger partial charge in [0.2, 0.25) is 0 Å². The highest BCUT2D eigenvalue weighted by Gasteiger charge is 2.22. The molecule has 0 bridgehead atoms. The summed E-state index contributed by atoms with van der Waals surface area (Å²) in [4.78, 5) is 6.92. The van der Waals surface area contributed by atoms with Crippen molar-refractivity contribution in [1.29, 1.82) is 0 Å². The minimum absolute atomic E-state index is 0.220. The Morgan fingerprint density at radius 1 is 1.40 bits per heavy atom. The number of nitrogens with one attached hydrogen (secondary N) is 1. The number of pyridine rings is 1. The number of nitrogens with zero attached hydrogens (tertiary/aromatic N) is 2. The van der Waals surface area contributed by atoms with E-state index in [-0.39, 0.29) is 6.10 Å². The van der Waals surface area contributed by atoms with E-state index in [9.17, 15) is 0 Å². The molecule has 1 aliphatic rings. The highest BCUT2D eigenvalue weighted by atomic mass is 79.9. The van der Waals surface area contributed by atoms with Crippen molar-refractivity contribution < 1.29 is 4.74 Å². The highest BCUT2D eigenvalue weighted by molar-refractivity contribution is 9.10. The van der Waals surface area contributed by atoms with Gasteiger partial charge in [-0.15, -0.1) is 0 Å². The van der Waals surface area contributed by atoms with E-state index in [2.05, 4.69) is 55.4 Å². The predicted octanol–water partition coefficient (Wildman–Crippen LogP) is 2.42. The van der Waals surface area contributed by atoms with Crippen molar-refractivity contribution in [3.8, 4) is 0 Å². The zero-order valence-corrected chi connectivity index (χ0v) is 13.1. The molecule has 1 atom stereocenters. The van der Waals surface area contributed by atoms with Crippen molar-refractivity contribution in [3.05, 3.63) is 34.9 Å². The summed E-state index contributed by atoms with van der Waals surface area (Å²) in [5.41, 5.74) is 0. The Bertz CT molecular complexity index is 603. The summed E-state index contributed by atoms with van der Waals surface area (Å²) >= 11 is 3.61. The van der Waals surface area contributed by atoms with Crippen LogP contribution in [0.3, 0.4) is 0 Å². The molecule has 1 unspecified atom stereocenters. The second-order valence-corrected chi connectivity index (χ2v) is 5.82. The van der Waals surface area contributed by atoms with E-state index >= 15 is 0 Å². The summed E-state index contributed by atoms with van der Waals surface area (Å²) < 4.78 is 6.87. The molecule has 4 nitrogen and oxygen atoms in total. The largest absolute Gasteiger partial charge is 0.373 e. The van der Waals surface area contributed by atoms with E-state index in [0.717, 1.165) is 36.5 Å². The number of ether oxygens (including phenoxy) is 1. The van der Waals surface area contributed by atoms with Crippen LogP contribution in [0.15, 0.2) is 34.9 Å². The zero-order chi connectivity index (χ0) is 13.9. The molecule has 1 aromatic heterocycles. The third kappa shape index (κ3) is 2.66. The van der Waals surface area contributed by atoms with Crippen LogP contribution in [0.4, 0.5) is 5.82 Å². The van der Waals surface area contributed by atoms with Gasteiger partial charge < -0.3 is 15.0 Å². The van der Waals surface area contributed by atoms with Crippen molar-refractivity contribution in [1.82, 2.24) is 10.3 Å². The van der Waals surface area contributed by atoms with E-state index < -0.39 is 0 Å². The molecular formula is C15H18BrN3O. The minimum atomic E-state index is 0.220. The Morgan fingerprint density at radius 2 is 2.30 bits per heavy atom. The summed E-state index contributed by atoms with van der Waals surface area (Å²) in [7, 11) is 1.95. The zero-order valence-electron chi connectivity index (χ0n) is 11.5. The topological polar surface area (TPSA) is 37.4 Å². The second kappa shape index (κ2) is 6.08. The smallest absolute Gasteiger partial charge is 0.136 e. The number of morpholine rings is 1. The van der Waals surface area contributed by atoms with Crippen molar-refractivity contribution in [3.63, 3.8) is 0 Å². The number of hydrogen-bond donors (Lipinski definition) is 1. The average molecular weight is 336 g/mol. The molecule has 0 saturated carbocycles. The molecule has 0 spiro atoms. The maximum Gasteiger partial charge on any atom is 0.136 e. The van der Waals surface area contributed by atoms with Crippen LogP contribution in [0.25, 0.3) is 10.8 Å². The molecule has 1 saturated heterocycles. The van der Waals surface area contributed by atoms with E-state index in [1.807, 2.05) is 13.2 Å². The molecule has 1 N–H and O–H groups in total. The molecule has 0 aliphatic carbocycles. The first-order chi connectivity index (χ1) is 9.79. The first-order valence-electron chi connectivity index (χ1n) is 6.84. The number of rotatable bonds is 3. The average Bonchev–Trinajstić information content (AvgIpc) is 2.48. The van der Waals surface area contributed by atoms with Crippen LogP contribution < -0.4 is 10.2 Å². The van der Waals surface area contributed by atoms with Crippen molar-refractivity contribution in [2.75, 3.05) is 38.2 Å². The SMILES string of the molecule is CNCC1CN(c2nccc3c(Br)cccc23)CCO1. The third-order valence-electron chi connectivity index (χ3n) is 3.60. The minimum Gasteiger partial charge on any atom is -0.373 e. The van der Waals surface area contributed by atoms with Gasteiger partial charge in [-0.05, 0) is 19.2 Å². The summed E-state index contributed by atoms with van der Waals surface area (Å²) in [5, 5.41) is 5.57. The van der Waals surface area contributed by atoms with Crippen LogP contribution in [-0.2, 0) is 4.74 Å².